The molecule has 2 unspecified atom stereocenters. The topological polar surface area (TPSA) is 12.0 Å². The molecule has 1 aromatic heterocycles. The number of hydrogen-bond donors (Lipinski definition) is 1. The van der Waals surface area contributed by atoms with Gasteiger partial charge in [0.1, 0.15) is 0 Å². The lowest BCUT2D eigenvalue weighted by Gasteiger charge is -2.16. The van der Waals surface area contributed by atoms with Crippen molar-refractivity contribution in [3.05, 3.63) is 34.2 Å². The van der Waals surface area contributed by atoms with Crippen molar-refractivity contribution in [1.82, 2.24) is 5.32 Å². The molecular weight excluding hydrogens is 262 g/mol. The van der Waals surface area contributed by atoms with Crippen LogP contribution in [-0.2, 0) is 6.54 Å². The van der Waals surface area contributed by atoms with Crippen LogP contribution in [0, 0.1) is 5.92 Å². The van der Waals surface area contributed by atoms with Gasteiger partial charge in [0.05, 0.1) is 5.02 Å². The quantitative estimate of drug-likeness (QED) is 0.848. The first-order valence-corrected chi connectivity index (χ1v) is 7.84. The molecule has 96 valence electrons. The van der Waals surface area contributed by atoms with E-state index in [4.69, 9.17) is 11.6 Å². The molecule has 2 atom stereocenters. The number of nitrogens with one attached hydrogen (secondary N) is 1. The highest BCUT2D eigenvalue weighted by Gasteiger charge is 2.23. The standard InChI is InChI=1S/C15H18ClNS/c1-10-5-4-7-12(10)17-9-14-15(16)11-6-2-3-8-13(11)18-14/h2-3,6,8,10,12,17H,4-5,7,9H2,1H3. The molecule has 0 radical (unpaired) electrons. The third kappa shape index (κ3) is 2.29. The molecule has 1 aliphatic carbocycles. The molecule has 0 saturated heterocycles. The lowest BCUT2D eigenvalue weighted by molar-refractivity contribution is 0.427. The number of halogens is 1. The third-order valence-electron chi connectivity index (χ3n) is 3.99. The summed E-state index contributed by atoms with van der Waals surface area (Å²) >= 11 is 8.26. The Kier molecular flexibility index (Phi) is 3.60. The second kappa shape index (κ2) is 5.20. The average Bonchev–Trinajstić information content (AvgIpc) is 2.92. The molecule has 1 saturated carbocycles. The normalized spacial score (nSPS) is 23.9. The van der Waals surface area contributed by atoms with E-state index in [2.05, 4.69) is 36.5 Å². The van der Waals surface area contributed by atoms with E-state index in [0.29, 0.717) is 6.04 Å². The predicted octanol–water partition coefficient (Wildman–Crippen LogP) is 4.83. The van der Waals surface area contributed by atoms with Crippen molar-refractivity contribution in [1.29, 1.82) is 0 Å². The van der Waals surface area contributed by atoms with E-state index in [0.717, 1.165) is 17.5 Å². The molecule has 1 aromatic carbocycles. The van der Waals surface area contributed by atoms with Crippen molar-refractivity contribution in [3.8, 4) is 0 Å². The van der Waals surface area contributed by atoms with Gasteiger partial charge in [0.15, 0.2) is 0 Å². The van der Waals surface area contributed by atoms with E-state index in [1.807, 2.05) is 11.3 Å². The molecule has 3 heteroatoms. The molecule has 1 fully saturated rings. The minimum absolute atomic E-state index is 0.672. The Bertz CT molecular complexity index is 548. The maximum atomic E-state index is 6.45. The summed E-state index contributed by atoms with van der Waals surface area (Å²) in [6.07, 6.45) is 4.03. The van der Waals surface area contributed by atoms with Gasteiger partial charge in [-0.15, -0.1) is 11.3 Å². The van der Waals surface area contributed by atoms with Gasteiger partial charge in [0, 0.05) is 27.5 Å². The highest BCUT2D eigenvalue weighted by Crippen LogP contribution is 2.35. The van der Waals surface area contributed by atoms with Crippen LogP contribution >= 0.6 is 22.9 Å². The minimum Gasteiger partial charge on any atom is -0.309 e. The van der Waals surface area contributed by atoms with E-state index >= 15 is 0 Å². The fourth-order valence-corrected chi connectivity index (χ4v) is 4.30. The minimum atomic E-state index is 0.672. The maximum absolute atomic E-state index is 6.45. The number of hydrogen-bond acceptors (Lipinski definition) is 2. The zero-order valence-electron chi connectivity index (χ0n) is 10.6. The monoisotopic (exact) mass is 279 g/mol. The molecular formula is C15H18ClNS. The summed E-state index contributed by atoms with van der Waals surface area (Å²) in [6, 6.07) is 9.05. The summed E-state index contributed by atoms with van der Waals surface area (Å²) in [7, 11) is 0. The zero-order valence-corrected chi connectivity index (χ0v) is 12.2. The van der Waals surface area contributed by atoms with E-state index in [1.54, 1.807) is 0 Å². The van der Waals surface area contributed by atoms with Gasteiger partial charge in [0.2, 0.25) is 0 Å². The maximum Gasteiger partial charge on any atom is 0.0636 e. The summed E-state index contributed by atoms with van der Waals surface area (Å²) in [5.74, 6) is 0.804. The Balaban J connectivity index is 1.76. The zero-order chi connectivity index (χ0) is 12.5. The molecule has 1 heterocycles. The molecule has 0 bridgehead atoms. The first kappa shape index (κ1) is 12.5. The molecule has 1 N–H and O–H groups in total. The average molecular weight is 280 g/mol. The SMILES string of the molecule is CC1CCCC1NCc1sc2ccccc2c1Cl. The van der Waals surface area contributed by atoms with Gasteiger partial charge in [-0.1, -0.05) is 43.1 Å². The number of thiophene rings is 1. The highest BCUT2D eigenvalue weighted by atomic mass is 35.5. The first-order valence-electron chi connectivity index (χ1n) is 6.65. The Morgan fingerprint density at radius 2 is 2.17 bits per heavy atom. The molecule has 3 rings (SSSR count). The van der Waals surface area contributed by atoms with Gasteiger partial charge in [-0.3, -0.25) is 0 Å². The molecule has 0 spiro atoms. The lowest BCUT2D eigenvalue weighted by atomic mass is 10.1. The van der Waals surface area contributed by atoms with Crippen LogP contribution in [0.2, 0.25) is 5.02 Å². The van der Waals surface area contributed by atoms with Crippen LogP contribution < -0.4 is 5.32 Å². The lowest BCUT2D eigenvalue weighted by Crippen LogP contribution is -2.30. The van der Waals surface area contributed by atoms with Crippen LogP contribution in [0.1, 0.15) is 31.1 Å². The van der Waals surface area contributed by atoms with Gasteiger partial charge < -0.3 is 5.32 Å². The smallest absolute Gasteiger partial charge is 0.0636 e. The Labute approximate surface area is 117 Å². The molecule has 2 aromatic rings. The summed E-state index contributed by atoms with van der Waals surface area (Å²) in [5, 5.41) is 5.81. The second-order valence-corrected chi connectivity index (χ2v) is 6.75. The molecule has 18 heavy (non-hydrogen) atoms. The number of rotatable bonds is 3. The molecule has 0 aliphatic heterocycles. The Morgan fingerprint density at radius 1 is 1.33 bits per heavy atom. The van der Waals surface area contributed by atoms with Gasteiger partial charge in [0.25, 0.3) is 0 Å². The second-order valence-electron chi connectivity index (χ2n) is 5.23. The molecule has 1 aliphatic rings. The van der Waals surface area contributed by atoms with Crippen molar-refractivity contribution in [2.24, 2.45) is 5.92 Å². The van der Waals surface area contributed by atoms with Crippen molar-refractivity contribution < 1.29 is 0 Å². The first-order chi connectivity index (χ1) is 8.75. The molecule has 1 nitrogen and oxygen atoms in total. The number of fused-ring (bicyclic) bond motifs is 1. The van der Waals surface area contributed by atoms with Gasteiger partial charge in [-0.05, 0) is 24.8 Å². The summed E-state index contributed by atoms with van der Waals surface area (Å²) in [6.45, 7) is 3.25. The van der Waals surface area contributed by atoms with Crippen LogP contribution in [0.25, 0.3) is 10.1 Å². The Morgan fingerprint density at radius 3 is 2.89 bits per heavy atom. The van der Waals surface area contributed by atoms with E-state index in [1.165, 1.54) is 34.2 Å². The van der Waals surface area contributed by atoms with Gasteiger partial charge >= 0.3 is 0 Å². The summed E-state index contributed by atoms with van der Waals surface area (Å²) in [5.41, 5.74) is 0. The van der Waals surface area contributed by atoms with Crippen LogP contribution in [0.5, 0.6) is 0 Å². The van der Waals surface area contributed by atoms with E-state index < -0.39 is 0 Å². The van der Waals surface area contributed by atoms with Crippen molar-refractivity contribution in [2.75, 3.05) is 0 Å². The van der Waals surface area contributed by atoms with Crippen LogP contribution in [-0.4, -0.2) is 6.04 Å². The van der Waals surface area contributed by atoms with Crippen LogP contribution in [0.4, 0.5) is 0 Å². The number of benzene rings is 1. The van der Waals surface area contributed by atoms with Crippen LogP contribution in [0.3, 0.4) is 0 Å². The van der Waals surface area contributed by atoms with Crippen molar-refractivity contribution in [3.63, 3.8) is 0 Å². The van der Waals surface area contributed by atoms with Gasteiger partial charge in [-0.25, -0.2) is 0 Å². The van der Waals surface area contributed by atoms with Gasteiger partial charge in [-0.2, -0.15) is 0 Å². The van der Waals surface area contributed by atoms with E-state index in [9.17, 15) is 0 Å². The van der Waals surface area contributed by atoms with Crippen molar-refractivity contribution >= 4 is 33.0 Å². The Hall–Kier alpha value is -0.570. The van der Waals surface area contributed by atoms with Crippen molar-refractivity contribution in [2.45, 2.75) is 38.8 Å². The summed E-state index contributed by atoms with van der Waals surface area (Å²) < 4.78 is 1.29. The largest absolute Gasteiger partial charge is 0.309 e. The van der Waals surface area contributed by atoms with E-state index in [-0.39, 0.29) is 0 Å². The highest BCUT2D eigenvalue weighted by molar-refractivity contribution is 7.19. The fourth-order valence-electron chi connectivity index (χ4n) is 2.85. The summed E-state index contributed by atoms with van der Waals surface area (Å²) in [4.78, 5) is 1.27. The molecule has 0 amide bonds. The fraction of sp³-hybridized carbons (Fsp3) is 0.467. The third-order valence-corrected chi connectivity index (χ3v) is 5.70. The predicted molar refractivity (Wildman–Crippen MR) is 80.5 cm³/mol. The van der Waals surface area contributed by atoms with Crippen LogP contribution in [0.15, 0.2) is 24.3 Å².